The highest BCUT2D eigenvalue weighted by molar-refractivity contribution is 5.73. The Bertz CT molecular complexity index is 565. The van der Waals surface area contributed by atoms with E-state index in [0.29, 0.717) is 0 Å². The molecule has 0 unspecified atom stereocenters. The Morgan fingerprint density at radius 2 is 1.67 bits per heavy atom. The molecule has 1 nitrogen and oxygen atoms in total. The van der Waals surface area contributed by atoms with E-state index in [9.17, 15) is 4.39 Å². The van der Waals surface area contributed by atoms with Crippen LogP contribution in [0.15, 0.2) is 30.3 Å². The Hall–Kier alpha value is -1.83. The normalized spacial score (nSPS) is 10.7. The Morgan fingerprint density at radius 1 is 1.06 bits per heavy atom. The topological polar surface area (TPSA) is 26.0 Å². The lowest BCUT2D eigenvalue weighted by Crippen LogP contribution is -1.95. The van der Waals surface area contributed by atoms with Gasteiger partial charge in [-0.25, -0.2) is 4.39 Å². The van der Waals surface area contributed by atoms with Crippen LogP contribution >= 0.6 is 0 Å². The number of aryl methyl sites for hydroxylation is 3. The summed E-state index contributed by atoms with van der Waals surface area (Å²) in [5.74, 6) is -0.181. The first kappa shape index (κ1) is 12.6. The van der Waals surface area contributed by atoms with Gasteiger partial charge in [-0.15, -0.1) is 0 Å². The standard InChI is InChI=1S/C16H18FN/c1-4-12-9-13(5-6-15(12)18)16-10(2)7-14(17)8-11(16)3/h5-9H,4,18H2,1-3H3. The van der Waals surface area contributed by atoms with Gasteiger partial charge in [-0.05, 0) is 72.4 Å². The Labute approximate surface area is 107 Å². The van der Waals surface area contributed by atoms with Crippen molar-refractivity contribution in [2.75, 3.05) is 5.73 Å². The first-order valence-corrected chi connectivity index (χ1v) is 6.18. The van der Waals surface area contributed by atoms with Gasteiger partial charge >= 0.3 is 0 Å². The number of halogens is 1. The van der Waals surface area contributed by atoms with E-state index in [1.54, 1.807) is 12.1 Å². The van der Waals surface area contributed by atoms with Crippen LogP contribution in [0.1, 0.15) is 23.6 Å². The molecule has 0 bridgehead atoms. The number of hydrogen-bond donors (Lipinski definition) is 1. The second-order valence-corrected chi connectivity index (χ2v) is 4.68. The molecule has 2 N–H and O–H groups in total. The van der Waals surface area contributed by atoms with E-state index in [-0.39, 0.29) is 5.82 Å². The van der Waals surface area contributed by atoms with Crippen molar-refractivity contribution in [2.45, 2.75) is 27.2 Å². The largest absolute Gasteiger partial charge is 0.399 e. The first-order valence-electron chi connectivity index (χ1n) is 6.18. The Balaban J connectivity index is 2.62. The molecule has 0 fully saturated rings. The maximum atomic E-state index is 13.3. The average Bonchev–Trinajstić information content (AvgIpc) is 2.30. The Morgan fingerprint density at radius 3 is 2.22 bits per heavy atom. The fourth-order valence-electron chi connectivity index (χ4n) is 2.43. The molecule has 2 aromatic carbocycles. The highest BCUT2D eigenvalue weighted by atomic mass is 19.1. The molecule has 0 atom stereocenters. The molecule has 2 heteroatoms. The van der Waals surface area contributed by atoms with Crippen LogP contribution in [0.3, 0.4) is 0 Å². The lowest BCUT2D eigenvalue weighted by Gasteiger charge is -2.13. The molecule has 0 spiro atoms. The number of benzene rings is 2. The fourth-order valence-corrected chi connectivity index (χ4v) is 2.43. The molecule has 2 aromatic rings. The summed E-state index contributed by atoms with van der Waals surface area (Å²) in [5.41, 5.74) is 12.0. The van der Waals surface area contributed by atoms with E-state index in [2.05, 4.69) is 13.0 Å². The van der Waals surface area contributed by atoms with Crippen molar-refractivity contribution in [3.8, 4) is 11.1 Å². The number of hydrogen-bond acceptors (Lipinski definition) is 1. The molecule has 0 aliphatic heterocycles. The SMILES string of the molecule is CCc1cc(-c2c(C)cc(F)cc2C)ccc1N. The highest BCUT2D eigenvalue weighted by Gasteiger charge is 2.09. The molecule has 0 aliphatic carbocycles. The van der Waals surface area contributed by atoms with Gasteiger partial charge in [0.05, 0.1) is 0 Å². The maximum absolute atomic E-state index is 13.3. The Kier molecular flexibility index (Phi) is 3.37. The van der Waals surface area contributed by atoms with Gasteiger partial charge in [0, 0.05) is 5.69 Å². The molecule has 0 radical (unpaired) electrons. The summed E-state index contributed by atoms with van der Waals surface area (Å²) in [6, 6.07) is 9.18. The molecule has 0 heterocycles. The number of nitrogen functional groups attached to an aromatic ring is 1. The van der Waals surface area contributed by atoms with Crippen molar-refractivity contribution in [2.24, 2.45) is 0 Å². The van der Waals surface area contributed by atoms with E-state index in [1.807, 2.05) is 26.0 Å². The first-order chi connectivity index (χ1) is 8.52. The lowest BCUT2D eigenvalue weighted by atomic mass is 9.93. The predicted molar refractivity (Wildman–Crippen MR) is 75.1 cm³/mol. The van der Waals surface area contributed by atoms with Gasteiger partial charge < -0.3 is 5.73 Å². The van der Waals surface area contributed by atoms with Gasteiger partial charge in [-0.1, -0.05) is 13.0 Å². The molecule has 0 saturated heterocycles. The summed E-state index contributed by atoms with van der Waals surface area (Å²) >= 11 is 0. The van der Waals surface area contributed by atoms with Gasteiger partial charge in [0.25, 0.3) is 0 Å². The third kappa shape index (κ3) is 2.23. The highest BCUT2D eigenvalue weighted by Crippen LogP contribution is 2.30. The number of rotatable bonds is 2. The van der Waals surface area contributed by atoms with E-state index in [4.69, 9.17) is 5.73 Å². The summed E-state index contributed by atoms with van der Waals surface area (Å²) in [4.78, 5) is 0. The second kappa shape index (κ2) is 4.81. The lowest BCUT2D eigenvalue weighted by molar-refractivity contribution is 0.625. The van der Waals surface area contributed by atoms with Gasteiger partial charge in [-0.3, -0.25) is 0 Å². The van der Waals surface area contributed by atoms with Gasteiger partial charge in [0.2, 0.25) is 0 Å². The van der Waals surface area contributed by atoms with Crippen LogP contribution < -0.4 is 5.73 Å². The van der Waals surface area contributed by atoms with Crippen LogP contribution in [0.2, 0.25) is 0 Å². The maximum Gasteiger partial charge on any atom is 0.123 e. The quantitative estimate of drug-likeness (QED) is 0.784. The van der Waals surface area contributed by atoms with Crippen molar-refractivity contribution in [1.29, 1.82) is 0 Å². The van der Waals surface area contributed by atoms with Crippen molar-refractivity contribution in [3.05, 3.63) is 52.8 Å². The molecule has 0 aliphatic rings. The average molecular weight is 243 g/mol. The summed E-state index contributed by atoms with van der Waals surface area (Å²) in [7, 11) is 0. The van der Waals surface area contributed by atoms with Crippen molar-refractivity contribution in [1.82, 2.24) is 0 Å². The van der Waals surface area contributed by atoms with E-state index >= 15 is 0 Å². The zero-order valence-corrected chi connectivity index (χ0v) is 11.0. The smallest absolute Gasteiger partial charge is 0.123 e. The zero-order chi connectivity index (χ0) is 13.3. The van der Waals surface area contributed by atoms with Crippen LogP contribution in [-0.2, 0) is 6.42 Å². The minimum absolute atomic E-state index is 0.181. The molecule has 18 heavy (non-hydrogen) atoms. The summed E-state index contributed by atoms with van der Waals surface area (Å²) in [6.45, 7) is 5.96. The second-order valence-electron chi connectivity index (χ2n) is 4.68. The van der Waals surface area contributed by atoms with Gasteiger partial charge in [0.15, 0.2) is 0 Å². The van der Waals surface area contributed by atoms with Crippen LogP contribution in [0.5, 0.6) is 0 Å². The van der Waals surface area contributed by atoms with Gasteiger partial charge in [-0.2, -0.15) is 0 Å². The summed E-state index contributed by atoms with van der Waals surface area (Å²) in [5, 5.41) is 0. The number of anilines is 1. The van der Waals surface area contributed by atoms with Crippen LogP contribution in [0.25, 0.3) is 11.1 Å². The van der Waals surface area contributed by atoms with Crippen molar-refractivity contribution < 1.29 is 4.39 Å². The van der Waals surface area contributed by atoms with Gasteiger partial charge in [0.1, 0.15) is 5.82 Å². The molecule has 0 amide bonds. The third-order valence-corrected chi connectivity index (χ3v) is 3.31. The molecule has 94 valence electrons. The van der Waals surface area contributed by atoms with E-state index in [0.717, 1.165) is 39.9 Å². The molecule has 0 saturated carbocycles. The molecule has 0 aromatic heterocycles. The van der Waals surface area contributed by atoms with Crippen LogP contribution in [-0.4, -0.2) is 0 Å². The van der Waals surface area contributed by atoms with Crippen LogP contribution in [0.4, 0.5) is 10.1 Å². The molecular weight excluding hydrogens is 225 g/mol. The monoisotopic (exact) mass is 243 g/mol. The summed E-state index contributed by atoms with van der Waals surface area (Å²) < 4.78 is 13.3. The fraction of sp³-hybridized carbons (Fsp3) is 0.250. The van der Waals surface area contributed by atoms with E-state index in [1.165, 1.54) is 0 Å². The van der Waals surface area contributed by atoms with Crippen molar-refractivity contribution >= 4 is 5.69 Å². The number of nitrogens with two attached hydrogens (primary N) is 1. The molecular formula is C16H18FN. The summed E-state index contributed by atoms with van der Waals surface area (Å²) in [6.07, 6.45) is 0.902. The predicted octanol–water partition coefficient (Wildman–Crippen LogP) is 4.25. The third-order valence-electron chi connectivity index (χ3n) is 3.31. The minimum Gasteiger partial charge on any atom is -0.399 e. The van der Waals surface area contributed by atoms with Crippen molar-refractivity contribution in [3.63, 3.8) is 0 Å². The van der Waals surface area contributed by atoms with E-state index < -0.39 is 0 Å². The molecule has 2 rings (SSSR count). The minimum atomic E-state index is -0.181. The zero-order valence-electron chi connectivity index (χ0n) is 11.0. The van der Waals surface area contributed by atoms with Crippen LogP contribution in [0, 0.1) is 19.7 Å².